The van der Waals surface area contributed by atoms with Crippen molar-refractivity contribution in [2.45, 2.75) is 385 Å². The molecule has 10 rings (SSSR count). The molecule has 138 heavy (non-hydrogen) atoms. The number of carbonyl (C=O) groups excluding carboxylic acids is 4. The number of nitrogens with one attached hydrogen (secondary N) is 4. The Morgan fingerprint density at radius 1 is 0.326 bits per heavy atom. The minimum atomic E-state index is -3.08. The lowest BCUT2D eigenvalue weighted by Crippen LogP contribution is -2.71. The first-order chi connectivity index (χ1) is 65.0. The van der Waals surface area contributed by atoms with Crippen molar-refractivity contribution in [2.24, 2.45) is 0 Å². The Bertz CT molecular complexity index is 3800. The van der Waals surface area contributed by atoms with Crippen LogP contribution < -0.4 is 21.3 Å². The van der Waals surface area contributed by atoms with Crippen molar-refractivity contribution in [1.82, 2.24) is 21.3 Å². The average Bonchev–Trinajstić information content (AvgIpc) is 0.736. The Balaban J connectivity index is 0.907. The maximum absolute atomic E-state index is 13.7. The SMILES string of the molecule is CC(=O)N[C@H]1[C@H](O[C@H]2[C@@H](O)[C@@H](CO)O[C@@H](O[C@H]3[C@H](O)[C@@H](NC(C)=O)[C@H](OC[C@H]4O[C@@H](O[C@@H]([C@H](O)[C@@H](O)CO)[C@H](O)CO)[C@H](O)[C@@H](O[C@@H]5O[C@H](CO)[C@@H](O[C@@H]6O[C@@H](C)[C@@H](O)[C@@H](O)[C@@H]6O)[C@H](O[C@@H]6O[C@H](CO)[C@H](O)[C@H](O)[C@H]6O[C@@H]6O[C@@H](C)[C@@H](O)[C@@H](O)[C@@H]6O)[C@H]5NC(C)=O)[C@H]4O)O[C@@H]3CO)[C@@H]2O)O[C@H](CO)[C@@H](O[C@@H]2O[C@H](CO[C@]3(C(=O)O)C[C@H](O)[C@@H](NC(C)=O)[C@H]([C@H](O)[C@H](O)CO)O3)[C@H](O)[C@H](O)[C@H]2O)[C@@H]1O. The summed E-state index contributed by atoms with van der Waals surface area (Å²) in [7, 11) is 0. The van der Waals surface area contributed by atoms with Gasteiger partial charge in [0.05, 0.1) is 90.4 Å². The molecule has 0 radical (unpaired) electrons. The van der Waals surface area contributed by atoms with E-state index in [0.29, 0.717) is 0 Å². The summed E-state index contributed by atoms with van der Waals surface area (Å²) in [6.07, 6.45) is -109. The van der Waals surface area contributed by atoms with Crippen LogP contribution in [0.4, 0.5) is 0 Å². The lowest BCUT2D eigenvalue weighted by Gasteiger charge is -2.52. The number of hydrogen-bond donors (Lipinski definition) is 36. The molecule has 10 saturated heterocycles. The van der Waals surface area contributed by atoms with Crippen LogP contribution >= 0.6 is 0 Å². The average molecular weight is 2020 g/mol. The van der Waals surface area contributed by atoms with Gasteiger partial charge in [-0.05, 0) is 13.8 Å². The van der Waals surface area contributed by atoms with Gasteiger partial charge in [0, 0.05) is 34.1 Å². The van der Waals surface area contributed by atoms with Gasteiger partial charge in [0.2, 0.25) is 23.6 Å². The fourth-order valence-corrected chi connectivity index (χ4v) is 17.5. The molecule has 0 saturated carbocycles. The number of amides is 4. The molecule has 10 aliphatic heterocycles. The normalized spacial score (nSPS) is 46.7. The first-order valence-corrected chi connectivity index (χ1v) is 43.9. The summed E-state index contributed by atoms with van der Waals surface area (Å²) in [4.78, 5) is 65.1. The zero-order valence-electron chi connectivity index (χ0n) is 74.5. The summed E-state index contributed by atoms with van der Waals surface area (Å²) in [6, 6.07) is -7.89. The third-order valence-corrected chi connectivity index (χ3v) is 25.1. The molecule has 61 heteroatoms. The zero-order valence-corrected chi connectivity index (χ0v) is 74.5. The van der Waals surface area contributed by atoms with E-state index >= 15 is 0 Å². The molecule has 0 unspecified atom stereocenters. The highest BCUT2D eigenvalue weighted by Gasteiger charge is 2.64. The van der Waals surface area contributed by atoms with Crippen molar-refractivity contribution in [3.05, 3.63) is 0 Å². The van der Waals surface area contributed by atoms with Crippen LogP contribution in [0.25, 0.3) is 0 Å². The number of carbonyl (C=O) groups is 5. The minimum Gasteiger partial charge on any atom is -0.477 e. The summed E-state index contributed by atoms with van der Waals surface area (Å²) in [6.45, 7) is -6.29. The predicted molar refractivity (Wildman–Crippen MR) is 425 cm³/mol. The molecule has 0 spiro atoms. The first kappa shape index (κ1) is 115. The highest BCUT2D eigenvalue weighted by molar-refractivity contribution is 5.77. The zero-order chi connectivity index (χ0) is 102. The largest absolute Gasteiger partial charge is 0.477 e. The van der Waals surface area contributed by atoms with Gasteiger partial charge in [-0.25, -0.2) is 4.79 Å². The molecule has 61 nitrogen and oxygen atoms in total. The van der Waals surface area contributed by atoms with Crippen molar-refractivity contribution < 1.29 is 282 Å². The maximum atomic E-state index is 13.7. The summed E-state index contributed by atoms with van der Waals surface area (Å²) in [5, 5.41) is 365. The van der Waals surface area contributed by atoms with E-state index in [1.807, 2.05) is 0 Å². The van der Waals surface area contributed by atoms with E-state index in [2.05, 4.69) is 21.3 Å². The van der Waals surface area contributed by atoms with Gasteiger partial charge in [-0.2, -0.15) is 0 Å². The third-order valence-electron chi connectivity index (χ3n) is 25.1. The number of ether oxygens (including phenoxy) is 20. The van der Waals surface area contributed by atoms with E-state index in [9.17, 15) is 187 Å². The Morgan fingerprint density at radius 2 is 0.681 bits per heavy atom. The van der Waals surface area contributed by atoms with Crippen molar-refractivity contribution in [3.63, 3.8) is 0 Å². The smallest absolute Gasteiger partial charge is 0.364 e. The second kappa shape index (κ2) is 50.1. The molecule has 0 aromatic carbocycles. The van der Waals surface area contributed by atoms with Gasteiger partial charge in [0.1, 0.15) is 250 Å². The molecule has 10 heterocycles. The number of hydrogen-bond acceptors (Lipinski definition) is 56. The van der Waals surface area contributed by atoms with Gasteiger partial charge in [0.25, 0.3) is 5.79 Å². The van der Waals surface area contributed by atoms with Crippen LogP contribution in [-0.2, 0) is 119 Å². The summed E-state index contributed by atoms with van der Waals surface area (Å²) in [5.41, 5.74) is 0. The first-order valence-electron chi connectivity index (χ1n) is 43.9. The van der Waals surface area contributed by atoms with Crippen LogP contribution in [0.1, 0.15) is 48.0 Å². The summed E-state index contributed by atoms with van der Waals surface area (Å²) in [5.74, 6) is -9.08. The second-order valence-corrected chi connectivity index (χ2v) is 35.0. The lowest BCUT2D eigenvalue weighted by molar-refractivity contribution is -0.400. The summed E-state index contributed by atoms with van der Waals surface area (Å²) >= 11 is 0. The number of aliphatic hydroxyl groups excluding tert-OH is 31. The second-order valence-electron chi connectivity index (χ2n) is 35.0. The van der Waals surface area contributed by atoms with Gasteiger partial charge in [-0.15, -0.1) is 0 Å². The molecule has 0 bridgehead atoms. The van der Waals surface area contributed by atoms with Crippen LogP contribution in [0, 0.1) is 0 Å². The molecular weight excluding hydrogens is 1890 g/mol. The fourth-order valence-electron chi connectivity index (χ4n) is 17.5. The van der Waals surface area contributed by atoms with Crippen molar-refractivity contribution in [2.75, 3.05) is 66.1 Å². The van der Waals surface area contributed by atoms with Gasteiger partial charge in [0.15, 0.2) is 56.6 Å². The van der Waals surface area contributed by atoms with Crippen molar-refractivity contribution >= 4 is 29.6 Å². The molecule has 4 amide bonds. The van der Waals surface area contributed by atoms with E-state index in [1.54, 1.807) is 0 Å². The van der Waals surface area contributed by atoms with E-state index in [4.69, 9.17) is 94.7 Å². The van der Waals surface area contributed by atoms with Gasteiger partial charge < -0.3 is 279 Å². The number of aliphatic carboxylic acids is 1. The van der Waals surface area contributed by atoms with Crippen LogP contribution in [0.5, 0.6) is 0 Å². The summed E-state index contributed by atoms with van der Waals surface area (Å²) < 4.78 is 119. The number of carboxylic acid groups (broad SMARTS) is 1. The van der Waals surface area contributed by atoms with E-state index in [0.717, 1.165) is 27.7 Å². The molecule has 0 aromatic heterocycles. The van der Waals surface area contributed by atoms with Gasteiger partial charge in [-0.1, -0.05) is 0 Å². The maximum Gasteiger partial charge on any atom is 0.364 e. The van der Waals surface area contributed by atoms with Crippen molar-refractivity contribution in [3.8, 4) is 0 Å². The molecule has 800 valence electrons. The number of rotatable bonds is 40. The van der Waals surface area contributed by atoms with Crippen LogP contribution in [0.3, 0.4) is 0 Å². The Labute approximate surface area is 781 Å². The minimum absolute atomic E-state index is 0.841. The topological polar surface area (TPSA) is 965 Å². The van der Waals surface area contributed by atoms with Crippen LogP contribution in [0.2, 0.25) is 0 Å². The number of carboxylic acids is 1. The monoisotopic (exact) mass is 2020 g/mol. The Hall–Kier alpha value is -4.69. The molecule has 10 aliphatic rings. The van der Waals surface area contributed by atoms with Crippen LogP contribution in [0.15, 0.2) is 0 Å². The number of aliphatic hydroxyl groups is 31. The predicted octanol–water partition coefficient (Wildman–Crippen LogP) is -23.5. The molecule has 36 N–H and O–H groups in total. The van der Waals surface area contributed by atoms with E-state index < -0.39 is 439 Å². The molecular formula is C77H130N4O57. The van der Waals surface area contributed by atoms with E-state index in [-0.39, 0.29) is 0 Å². The Morgan fingerprint density at radius 3 is 1.17 bits per heavy atom. The fraction of sp³-hybridized carbons (Fsp3) is 0.935. The molecule has 55 atom stereocenters. The van der Waals surface area contributed by atoms with Crippen LogP contribution in [-0.4, -0.2) is 596 Å². The highest BCUT2D eigenvalue weighted by Crippen LogP contribution is 2.43. The molecule has 0 aromatic rings. The van der Waals surface area contributed by atoms with Crippen molar-refractivity contribution in [1.29, 1.82) is 0 Å². The van der Waals surface area contributed by atoms with Gasteiger partial charge >= 0.3 is 5.97 Å². The molecule has 10 fully saturated rings. The highest BCUT2D eigenvalue weighted by atomic mass is 16.8. The Kier molecular flexibility index (Phi) is 41.9. The third kappa shape index (κ3) is 25.7. The molecule has 0 aliphatic carbocycles. The van der Waals surface area contributed by atoms with Gasteiger partial charge in [-0.3, -0.25) is 19.2 Å². The lowest BCUT2D eigenvalue weighted by atomic mass is 9.88. The van der Waals surface area contributed by atoms with E-state index in [1.165, 1.54) is 13.8 Å². The standard InChI is InChI=1S/C77H130N4O57/c1-18-39(98)49(108)53(112)70(121-18)133-61-32(15-89)127-69(38(81-23(6)93)63(61)134-75-66(52(111)43(102)28(11-85)124-75)137-71-54(113)50(109)40(99)19(2)122-71)136-65-46(105)33(128-74(57(65)116)130-58(27(97)10-84)41(100)25(95)8-82)16-119-67-36(79-21(4)91)47(106)59(30(13-87)125-67)132-73-56(115)64(45(104)29(12-86)123-73)135-68-37(80-22(5)92)48(107)60(31(14-88)126-68)131-72-55(114)51(110)44(103)34(129-72)17-120-77(76(117)118)7-24(94)35(78-20(3)90)62(138-77)42(101)26(96)9-83/h18-19,24-75,82-89,94-116H,7-17H2,1-6H3,(H,78,90)(H,79,91)(H,80,92)(H,81,93)(H,117,118)/t18-,19-,24-,25-,26+,27+,28+,29+,30+,31+,32+,33+,34+,35+,36+,37+,38+,39+,40+,41+,42+,43-,44-,45-,46-,47+,48+,49+,50+,51-,52-,53-,54-,55+,56+,57+,58+,59+,60+,61+,62+,63+,64-,65-,66+,67+,68-,69-,70-,71-,72-,73-,74-,75-,77+/m0/s1. The quantitative estimate of drug-likeness (QED) is 0.0271.